The Kier molecular flexibility index (Phi) is 7.07. The van der Waals surface area contributed by atoms with Crippen LogP contribution in [0.2, 0.25) is 0 Å². The van der Waals surface area contributed by atoms with E-state index in [-0.39, 0.29) is 23.4 Å². The second kappa shape index (κ2) is 10.2. The summed E-state index contributed by atoms with van der Waals surface area (Å²) in [5.41, 5.74) is 5.24. The van der Waals surface area contributed by atoms with Gasteiger partial charge in [-0.1, -0.05) is 66.7 Å². The minimum absolute atomic E-state index is 0.0952. The lowest BCUT2D eigenvalue weighted by Gasteiger charge is -2.29. The molecule has 1 fully saturated rings. The van der Waals surface area contributed by atoms with Crippen LogP contribution in [0.5, 0.6) is 11.5 Å². The van der Waals surface area contributed by atoms with Gasteiger partial charge < -0.3 is 9.47 Å². The van der Waals surface area contributed by atoms with Crippen LogP contribution in [0.1, 0.15) is 43.5 Å². The van der Waals surface area contributed by atoms with E-state index >= 15 is 0 Å². The molecule has 3 aromatic carbocycles. The maximum absolute atomic E-state index is 12.9. The highest BCUT2D eigenvalue weighted by Gasteiger charge is 2.47. The van der Waals surface area contributed by atoms with Gasteiger partial charge >= 0.3 is 5.97 Å². The van der Waals surface area contributed by atoms with Gasteiger partial charge in [0.25, 0.3) is 0 Å². The molecular formula is C26H27N2O4P. The predicted octanol–water partition coefficient (Wildman–Crippen LogP) is 4.88. The molecule has 1 aliphatic heterocycles. The fourth-order valence-electron chi connectivity index (χ4n) is 4.13. The van der Waals surface area contributed by atoms with Crippen LogP contribution in [-0.4, -0.2) is 23.5 Å². The number of hydrazine groups is 1. The summed E-state index contributed by atoms with van der Waals surface area (Å²) in [6, 6.07) is 25.5. The van der Waals surface area contributed by atoms with E-state index in [1.807, 2.05) is 67.6 Å². The van der Waals surface area contributed by atoms with Gasteiger partial charge in [0.05, 0.1) is 12.4 Å². The SMILES string of the molecule is CCOc1ccccc1[C@H]1N(C(C)=O)N[C@H](c2ccccc2OC(C)=O)P1c1ccccc1. The first-order chi connectivity index (χ1) is 16.0. The number of carbonyl (C=O) groups excluding carboxylic acids is 2. The molecule has 7 heteroatoms. The molecule has 1 heterocycles. The monoisotopic (exact) mass is 462 g/mol. The Labute approximate surface area is 195 Å². The van der Waals surface area contributed by atoms with Gasteiger partial charge in [-0.2, -0.15) is 0 Å². The third-order valence-electron chi connectivity index (χ3n) is 5.41. The number of hydrogen-bond donors (Lipinski definition) is 1. The summed E-state index contributed by atoms with van der Waals surface area (Å²) in [7, 11) is -1.04. The molecule has 0 bridgehead atoms. The van der Waals surface area contributed by atoms with Crippen molar-refractivity contribution in [2.24, 2.45) is 0 Å². The van der Waals surface area contributed by atoms with E-state index < -0.39 is 7.92 Å². The number of ether oxygens (including phenoxy) is 2. The Morgan fingerprint density at radius 1 is 0.879 bits per heavy atom. The predicted molar refractivity (Wildman–Crippen MR) is 129 cm³/mol. The molecule has 4 rings (SSSR count). The van der Waals surface area contributed by atoms with E-state index in [0.29, 0.717) is 12.4 Å². The maximum Gasteiger partial charge on any atom is 0.308 e. The Balaban J connectivity index is 1.91. The topological polar surface area (TPSA) is 67.9 Å². The molecule has 3 aromatic rings. The molecule has 1 saturated heterocycles. The Hall–Kier alpha value is -3.21. The van der Waals surface area contributed by atoms with Gasteiger partial charge in [0.15, 0.2) is 0 Å². The smallest absolute Gasteiger partial charge is 0.308 e. The third-order valence-corrected chi connectivity index (χ3v) is 8.29. The van der Waals surface area contributed by atoms with E-state index in [1.165, 1.54) is 6.92 Å². The molecule has 0 aliphatic carbocycles. The normalized spacial score (nSPS) is 19.8. The quantitative estimate of drug-likeness (QED) is 0.321. The van der Waals surface area contributed by atoms with Crippen molar-refractivity contribution in [1.29, 1.82) is 0 Å². The van der Waals surface area contributed by atoms with Crippen LogP contribution in [0.4, 0.5) is 0 Å². The first-order valence-corrected chi connectivity index (χ1v) is 12.4. The highest BCUT2D eigenvalue weighted by atomic mass is 31.1. The van der Waals surface area contributed by atoms with Crippen molar-refractivity contribution in [2.75, 3.05) is 6.61 Å². The largest absolute Gasteiger partial charge is 0.494 e. The molecule has 1 aliphatic rings. The maximum atomic E-state index is 12.9. The van der Waals surface area contributed by atoms with Crippen molar-refractivity contribution < 1.29 is 19.1 Å². The van der Waals surface area contributed by atoms with Crippen LogP contribution in [0.25, 0.3) is 0 Å². The highest BCUT2D eigenvalue weighted by Crippen LogP contribution is 2.66. The molecule has 33 heavy (non-hydrogen) atoms. The van der Waals surface area contributed by atoms with Crippen molar-refractivity contribution in [1.82, 2.24) is 10.4 Å². The Morgan fingerprint density at radius 2 is 1.48 bits per heavy atom. The lowest BCUT2D eigenvalue weighted by molar-refractivity contribution is -0.133. The summed E-state index contributed by atoms with van der Waals surface area (Å²) in [6.45, 7) is 5.42. The van der Waals surface area contributed by atoms with Gasteiger partial charge in [-0.25, -0.2) is 5.43 Å². The zero-order chi connectivity index (χ0) is 23.4. The number of esters is 1. The van der Waals surface area contributed by atoms with Crippen molar-refractivity contribution in [3.63, 3.8) is 0 Å². The molecule has 1 N–H and O–H groups in total. The first-order valence-electron chi connectivity index (χ1n) is 10.9. The molecular weight excluding hydrogens is 435 g/mol. The van der Waals surface area contributed by atoms with Gasteiger partial charge in [0.2, 0.25) is 5.91 Å². The molecule has 6 nitrogen and oxygen atoms in total. The molecule has 0 spiro atoms. The standard InChI is InChI=1S/C26H27N2O4P/c1-4-31-23-16-10-9-15-22(23)26-28(18(2)29)27-25(33(26)20-12-6-5-7-13-20)21-14-8-11-17-24(21)32-19(3)30/h5-17,25-27H,4H2,1-3H3/t25-,26-,33?/m0/s1. The lowest BCUT2D eigenvalue weighted by Crippen LogP contribution is -2.38. The fourth-order valence-corrected chi connectivity index (χ4v) is 7.26. The number of amides is 1. The van der Waals surface area contributed by atoms with Gasteiger partial charge in [0, 0.05) is 25.0 Å². The van der Waals surface area contributed by atoms with Crippen LogP contribution in [0, 0.1) is 0 Å². The van der Waals surface area contributed by atoms with E-state index in [9.17, 15) is 9.59 Å². The molecule has 0 aromatic heterocycles. The summed E-state index contributed by atoms with van der Waals surface area (Å²) in [5, 5.41) is 2.83. The van der Waals surface area contributed by atoms with Crippen LogP contribution < -0.4 is 20.2 Å². The zero-order valence-electron chi connectivity index (χ0n) is 18.9. The number of para-hydroxylation sites is 2. The Bertz CT molecular complexity index is 1140. The molecule has 1 unspecified atom stereocenters. The van der Waals surface area contributed by atoms with Gasteiger partial charge in [-0.3, -0.25) is 14.6 Å². The number of nitrogens with zero attached hydrogens (tertiary/aromatic N) is 1. The minimum atomic E-state index is -1.04. The summed E-state index contributed by atoms with van der Waals surface area (Å²) in [4.78, 5) is 24.7. The average molecular weight is 462 g/mol. The summed E-state index contributed by atoms with van der Waals surface area (Å²) < 4.78 is 11.5. The molecule has 0 radical (unpaired) electrons. The van der Waals surface area contributed by atoms with Crippen LogP contribution in [0.3, 0.4) is 0 Å². The van der Waals surface area contributed by atoms with Crippen molar-refractivity contribution in [3.8, 4) is 11.5 Å². The van der Waals surface area contributed by atoms with E-state index in [4.69, 9.17) is 9.47 Å². The van der Waals surface area contributed by atoms with Crippen LogP contribution in [-0.2, 0) is 9.59 Å². The number of hydrogen-bond acceptors (Lipinski definition) is 5. The van der Waals surface area contributed by atoms with Crippen molar-refractivity contribution in [3.05, 3.63) is 90.0 Å². The number of carbonyl (C=O) groups is 2. The van der Waals surface area contributed by atoms with E-state index in [1.54, 1.807) is 18.0 Å². The van der Waals surface area contributed by atoms with Gasteiger partial charge in [-0.15, -0.1) is 0 Å². The molecule has 170 valence electrons. The third kappa shape index (κ3) is 4.77. The minimum Gasteiger partial charge on any atom is -0.494 e. The molecule has 1 amide bonds. The summed E-state index contributed by atoms with van der Waals surface area (Å²) >= 11 is 0. The molecule has 3 atom stereocenters. The number of nitrogens with one attached hydrogen (secondary N) is 1. The van der Waals surface area contributed by atoms with Gasteiger partial charge in [-0.05, 0) is 32.3 Å². The fraction of sp³-hybridized carbons (Fsp3) is 0.231. The lowest BCUT2D eigenvalue weighted by atomic mass is 10.2. The number of benzene rings is 3. The van der Waals surface area contributed by atoms with E-state index in [2.05, 4.69) is 17.6 Å². The van der Waals surface area contributed by atoms with Crippen molar-refractivity contribution in [2.45, 2.75) is 32.3 Å². The second-order valence-corrected chi connectivity index (χ2v) is 9.98. The summed E-state index contributed by atoms with van der Waals surface area (Å²) in [5.74, 6) is 0.261. The number of rotatable bonds is 6. The summed E-state index contributed by atoms with van der Waals surface area (Å²) in [6.07, 6.45) is 0. The first kappa shape index (κ1) is 23.0. The molecule has 0 saturated carbocycles. The average Bonchev–Trinajstić information content (AvgIpc) is 3.21. The van der Waals surface area contributed by atoms with Crippen LogP contribution >= 0.6 is 7.92 Å². The van der Waals surface area contributed by atoms with Crippen molar-refractivity contribution >= 4 is 25.1 Å². The van der Waals surface area contributed by atoms with E-state index in [0.717, 1.165) is 22.2 Å². The highest BCUT2D eigenvalue weighted by molar-refractivity contribution is 7.66. The zero-order valence-corrected chi connectivity index (χ0v) is 19.8. The Morgan fingerprint density at radius 3 is 2.12 bits per heavy atom. The van der Waals surface area contributed by atoms with Crippen LogP contribution in [0.15, 0.2) is 78.9 Å². The van der Waals surface area contributed by atoms with Gasteiger partial charge in [0.1, 0.15) is 17.3 Å². The second-order valence-electron chi connectivity index (χ2n) is 7.64.